The molecule has 0 aliphatic carbocycles. The summed E-state index contributed by atoms with van der Waals surface area (Å²) in [4.78, 5) is 26.4. The summed E-state index contributed by atoms with van der Waals surface area (Å²) < 4.78 is 1.10. The van der Waals surface area contributed by atoms with Gasteiger partial charge >= 0.3 is 0 Å². The van der Waals surface area contributed by atoms with E-state index >= 15 is 0 Å². The van der Waals surface area contributed by atoms with Crippen LogP contribution in [0.25, 0.3) is 42.9 Å². The lowest BCUT2D eigenvalue weighted by Gasteiger charge is -2.13. The number of rotatable bonds is 4. The number of Topliss-reactive ketones (excluding diaryl/α,β-unsaturated/α-hetero) is 1. The number of nitrogens with zero attached hydrogens (tertiary/aromatic N) is 3. The molecule has 5 nitrogen and oxygen atoms in total. The smallest absolute Gasteiger partial charge is 0.163 e. The Morgan fingerprint density at radius 2 is 1.83 bits per heavy atom. The summed E-state index contributed by atoms with van der Waals surface area (Å²) in [7, 11) is 1.78. The predicted octanol–water partition coefficient (Wildman–Crippen LogP) is 5.82. The molecule has 0 amide bonds. The third-order valence-electron chi connectivity index (χ3n) is 5.05. The number of thiazole rings is 1. The van der Waals surface area contributed by atoms with E-state index in [9.17, 15) is 4.79 Å². The molecule has 0 saturated heterocycles. The van der Waals surface area contributed by atoms with Crippen molar-refractivity contribution in [2.75, 3.05) is 12.4 Å². The largest absolute Gasteiger partial charge is 0.373 e. The Morgan fingerprint density at radius 1 is 0.967 bits per heavy atom. The second-order valence-electron chi connectivity index (χ2n) is 6.98. The van der Waals surface area contributed by atoms with E-state index in [2.05, 4.69) is 22.4 Å². The Bertz CT molecular complexity index is 1390. The fraction of sp³-hybridized carbons (Fsp3) is 0.0833. The maximum atomic E-state index is 12.3. The van der Waals surface area contributed by atoms with Crippen molar-refractivity contribution < 1.29 is 4.79 Å². The van der Waals surface area contributed by atoms with E-state index in [1.165, 1.54) is 0 Å². The zero-order chi connectivity index (χ0) is 20.7. The van der Waals surface area contributed by atoms with Crippen LogP contribution in [0.3, 0.4) is 0 Å². The van der Waals surface area contributed by atoms with Gasteiger partial charge in [0.25, 0.3) is 0 Å². The SMILES string of the molecule is CNc1nc(-c2nc3ccccc3s2)c(-c2ccc3ncccc3c2)cc1C(C)=O. The van der Waals surface area contributed by atoms with Crippen LogP contribution in [0.5, 0.6) is 0 Å². The van der Waals surface area contributed by atoms with E-state index in [4.69, 9.17) is 9.97 Å². The number of fused-ring (bicyclic) bond motifs is 2. The first-order valence-electron chi connectivity index (χ1n) is 9.59. The van der Waals surface area contributed by atoms with Crippen LogP contribution in [-0.4, -0.2) is 27.8 Å². The second kappa shape index (κ2) is 7.31. The third-order valence-corrected chi connectivity index (χ3v) is 6.09. The van der Waals surface area contributed by atoms with Crippen molar-refractivity contribution >= 4 is 44.1 Å². The highest BCUT2D eigenvalue weighted by molar-refractivity contribution is 7.21. The number of ketones is 1. The third kappa shape index (κ3) is 3.11. The van der Waals surface area contributed by atoms with Crippen molar-refractivity contribution in [3.05, 3.63) is 72.4 Å². The lowest BCUT2D eigenvalue weighted by molar-refractivity contribution is 0.101. The number of hydrogen-bond acceptors (Lipinski definition) is 6. The number of carbonyl (C=O) groups is 1. The zero-order valence-corrected chi connectivity index (χ0v) is 17.3. The number of aromatic nitrogens is 3. The summed E-state index contributed by atoms with van der Waals surface area (Å²) in [6.45, 7) is 1.56. The highest BCUT2D eigenvalue weighted by Crippen LogP contribution is 2.38. The number of hydrogen-bond donors (Lipinski definition) is 1. The molecule has 0 spiro atoms. The molecule has 0 saturated carbocycles. The molecule has 0 atom stereocenters. The first kappa shape index (κ1) is 18.4. The van der Waals surface area contributed by atoms with Crippen LogP contribution in [-0.2, 0) is 0 Å². The molecule has 146 valence electrons. The van der Waals surface area contributed by atoms with Gasteiger partial charge in [0.1, 0.15) is 16.5 Å². The summed E-state index contributed by atoms with van der Waals surface area (Å²) in [5.41, 5.74) is 5.04. The first-order chi connectivity index (χ1) is 14.6. The van der Waals surface area contributed by atoms with Crippen LogP contribution < -0.4 is 5.32 Å². The minimum Gasteiger partial charge on any atom is -0.373 e. The van der Waals surface area contributed by atoms with E-state index in [1.807, 2.05) is 48.5 Å². The predicted molar refractivity (Wildman–Crippen MR) is 123 cm³/mol. The maximum Gasteiger partial charge on any atom is 0.163 e. The molecule has 5 rings (SSSR count). The fourth-order valence-corrected chi connectivity index (χ4v) is 4.54. The molecule has 6 heteroatoms. The van der Waals surface area contributed by atoms with Gasteiger partial charge in [-0.05, 0) is 48.9 Å². The summed E-state index contributed by atoms with van der Waals surface area (Å²) >= 11 is 1.60. The van der Waals surface area contributed by atoms with Gasteiger partial charge in [0.2, 0.25) is 0 Å². The second-order valence-corrected chi connectivity index (χ2v) is 8.02. The number of para-hydroxylation sites is 1. The standard InChI is InChI=1S/C24H18N4OS/c1-14(29)17-13-18(15-9-10-19-16(12-15)6-5-11-26-19)22(28-23(17)25-2)24-27-20-7-3-4-8-21(20)30-24/h3-13H,1-2H3,(H,25,28). The Morgan fingerprint density at radius 3 is 2.63 bits per heavy atom. The minimum absolute atomic E-state index is 0.0357. The molecule has 0 aliphatic heterocycles. The van der Waals surface area contributed by atoms with Gasteiger partial charge in [-0.2, -0.15) is 0 Å². The molecule has 2 aromatic carbocycles. The van der Waals surface area contributed by atoms with Crippen LogP contribution >= 0.6 is 11.3 Å². The van der Waals surface area contributed by atoms with E-state index in [0.29, 0.717) is 11.4 Å². The average Bonchev–Trinajstić information content (AvgIpc) is 3.22. The van der Waals surface area contributed by atoms with Crippen molar-refractivity contribution in [3.63, 3.8) is 0 Å². The van der Waals surface area contributed by atoms with Gasteiger partial charge in [-0.25, -0.2) is 9.97 Å². The van der Waals surface area contributed by atoms with Gasteiger partial charge in [0.05, 0.1) is 21.3 Å². The lowest BCUT2D eigenvalue weighted by atomic mass is 9.98. The van der Waals surface area contributed by atoms with Gasteiger partial charge in [0, 0.05) is 24.2 Å². The van der Waals surface area contributed by atoms with Crippen LogP contribution in [0, 0.1) is 0 Å². The zero-order valence-electron chi connectivity index (χ0n) is 16.5. The average molecular weight is 411 g/mol. The van der Waals surface area contributed by atoms with Gasteiger partial charge < -0.3 is 5.32 Å². The molecule has 1 N–H and O–H groups in total. The Labute approximate surface area is 177 Å². The Hall–Kier alpha value is -3.64. The van der Waals surface area contributed by atoms with Crippen molar-refractivity contribution in [1.29, 1.82) is 0 Å². The molecule has 0 unspecified atom stereocenters. The number of benzene rings is 2. The Kier molecular flexibility index (Phi) is 4.48. The molecule has 3 aromatic heterocycles. The van der Waals surface area contributed by atoms with Gasteiger partial charge in [-0.1, -0.05) is 24.3 Å². The molecular formula is C24H18N4OS. The number of carbonyl (C=O) groups excluding carboxylic acids is 1. The summed E-state index contributed by atoms with van der Waals surface area (Å²) in [6, 6.07) is 20.0. The molecule has 0 radical (unpaired) electrons. The van der Waals surface area contributed by atoms with Crippen LogP contribution in [0.1, 0.15) is 17.3 Å². The number of anilines is 1. The molecule has 30 heavy (non-hydrogen) atoms. The normalized spacial score (nSPS) is 11.1. The topological polar surface area (TPSA) is 67.8 Å². The van der Waals surface area contributed by atoms with Crippen molar-refractivity contribution in [1.82, 2.24) is 15.0 Å². The summed E-state index contributed by atoms with van der Waals surface area (Å²) in [5, 5.41) is 4.92. The molecular weight excluding hydrogens is 392 g/mol. The van der Waals surface area contributed by atoms with Crippen LogP contribution in [0.15, 0.2) is 66.9 Å². The monoisotopic (exact) mass is 410 g/mol. The first-order valence-corrected chi connectivity index (χ1v) is 10.4. The lowest BCUT2D eigenvalue weighted by Crippen LogP contribution is -2.05. The summed E-state index contributed by atoms with van der Waals surface area (Å²) in [5.74, 6) is 0.523. The van der Waals surface area contributed by atoms with E-state index < -0.39 is 0 Å². The highest BCUT2D eigenvalue weighted by atomic mass is 32.1. The van der Waals surface area contributed by atoms with Crippen LogP contribution in [0.2, 0.25) is 0 Å². The fourth-order valence-electron chi connectivity index (χ4n) is 3.57. The molecule has 0 bridgehead atoms. The van der Waals surface area contributed by atoms with Crippen molar-refractivity contribution in [2.45, 2.75) is 6.92 Å². The molecule has 3 heterocycles. The van der Waals surface area contributed by atoms with E-state index in [-0.39, 0.29) is 5.78 Å². The van der Waals surface area contributed by atoms with Crippen molar-refractivity contribution in [3.8, 4) is 21.8 Å². The quantitative estimate of drug-likeness (QED) is 0.378. The maximum absolute atomic E-state index is 12.3. The van der Waals surface area contributed by atoms with Gasteiger partial charge in [-0.3, -0.25) is 9.78 Å². The highest BCUT2D eigenvalue weighted by Gasteiger charge is 2.19. The molecule has 0 aliphatic rings. The summed E-state index contributed by atoms with van der Waals surface area (Å²) in [6.07, 6.45) is 1.78. The Balaban J connectivity index is 1.80. The minimum atomic E-state index is -0.0357. The van der Waals surface area contributed by atoms with Crippen LogP contribution in [0.4, 0.5) is 5.82 Å². The molecule has 5 aromatic rings. The van der Waals surface area contributed by atoms with E-state index in [0.717, 1.165) is 42.9 Å². The van der Waals surface area contributed by atoms with Crippen molar-refractivity contribution in [2.24, 2.45) is 0 Å². The number of pyridine rings is 2. The van der Waals surface area contributed by atoms with E-state index in [1.54, 1.807) is 31.5 Å². The molecule has 0 fully saturated rings. The van der Waals surface area contributed by atoms with Gasteiger partial charge in [-0.15, -0.1) is 11.3 Å². The number of nitrogens with one attached hydrogen (secondary N) is 1. The van der Waals surface area contributed by atoms with Gasteiger partial charge in [0.15, 0.2) is 5.78 Å².